The Kier molecular flexibility index (Phi) is 4.79. The van der Waals surface area contributed by atoms with Gasteiger partial charge in [-0.15, -0.1) is 0 Å². The summed E-state index contributed by atoms with van der Waals surface area (Å²) in [5.41, 5.74) is 0. The first-order valence-corrected chi connectivity index (χ1v) is 2.11. The molecule has 2 nitrogen and oxygen atoms in total. The molecule has 0 saturated heterocycles. The fourth-order valence-corrected chi connectivity index (χ4v) is 0.412. The van der Waals surface area contributed by atoms with Crippen molar-refractivity contribution in [2.24, 2.45) is 0 Å². The van der Waals surface area contributed by atoms with Crippen molar-refractivity contribution < 1.29 is 56.1 Å². The maximum absolute atomic E-state index is 5.27. The maximum atomic E-state index is 5.27. The zero-order valence-electron chi connectivity index (χ0n) is 4.91. The molecule has 0 radical (unpaired) electrons. The standard InChI is InChI=1S/C5H7N2.K/c6-7-4-2-1-3-5-7;/h1-5H,6H2;/q2*+1. The van der Waals surface area contributed by atoms with Crippen molar-refractivity contribution in [3.05, 3.63) is 30.6 Å². The molecule has 0 unspecified atom stereocenters. The zero-order valence-corrected chi connectivity index (χ0v) is 8.03. The smallest absolute Gasteiger partial charge is 0.205 e. The van der Waals surface area contributed by atoms with Gasteiger partial charge in [-0.25, -0.2) is 5.84 Å². The van der Waals surface area contributed by atoms with Gasteiger partial charge < -0.3 is 0 Å². The van der Waals surface area contributed by atoms with Gasteiger partial charge in [-0.2, -0.15) is 0 Å². The van der Waals surface area contributed by atoms with Gasteiger partial charge in [0.15, 0.2) is 12.4 Å². The molecule has 1 heterocycles. The normalized spacial score (nSPS) is 7.50. The summed E-state index contributed by atoms with van der Waals surface area (Å²) in [6.07, 6.45) is 3.56. The van der Waals surface area contributed by atoms with E-state index in [0.29, 0.717) is 0 Å². The molecule has 0 aliphatic heterocycles. The Morgan fingerprint density at radius 3 is 1.75 bits per heavy atom. The van der Waals surface area contributed by atoms with Crippen LogP contribution in [0.5, 0.6) is 0 Å². The monoisotopic (exact) mass is 134 g/mol. The summed E-state index contributed by atoms with van der Waals surface area (Å²) in [7, 11) is 0. The number of aromatic nitrogens is 1. The SMILES string of the molecule is N[n+]1ccccc1.[K+]. The first-order valence-electron chi connectivity index (χ1n) is 2.11. The summed E-state index contributed by atoms with van der Waals surface area (Å²) in [5.74, 6) is 5.27. The molecule has 2 N–H and O–H groups in total. The summed E-state index contributed by atoms with van der Waals surface area (Å²) in [5, 5.41) is 0. The minimum absolute atomic E-state index is 0. The van der Waals surface area contributed by atoms with E-state index in [9.17, 15) is 0 Å². The van der Waals surface area contributed by atoms with Crippen molar-refractivity contribution in [1.29, 1.82) is 0 Å². The second kappa shape index (κ2) is 4.46. The van der Waals surface area contributed by atoms with Crippen LogP contribution in [0.15, 0.2) is 30.6 Å². The Balaban J connectivity index is 0.000000490. The van der Waals surface area contributed by atoms with E-state index in [4.69, 9.17) is 5.84 Å². The van der Waals surface area contributed by atoms with E-state index in [-0.39, 0.29) is 51.4 Å². The van der Waals surface area contributed by atoms with Crippen LogP contribution in [0.4, 0.5) is 0 Å². The second-order valence-electron chi connectivity index (χ2n) is 1.32. The van der Waals surface area contributed by atoms with E-state index in [1.165, 1.54) is 4.68 Å². The summed E-state index contributed by atoms with van der Waals surface area (Å²) in [6.45, 7) is 0. The van der Waals surface area contributed by atoms with Crippen molar-refractivity contribution in [3.63, 3.8) is 0 Å². The average Bonchev–Trinajstić information content (AvgIpc) is 1.69. The number of nitrogen functional groups attached to an aromatic ring is 1. The number of hydrogen-bond donors (Lipinski definition) is 1. The van der Waals surface area contributed by atoms with Gasteiger partial charge in [0.05, 0.1) is 0 Å². The van der Waals surface area contributed by atoms with Crippen molar-refractivity contribution >= 4 is 0 Å². The molecule has 1 rings (SSSR count). The third-order valence-corrected chi connectivity index (χ3v) is 0.739. The van der Waals surface area contributed by atoms with E-state index in [1.807, 2.05) is 18.2 Å². The Bertz CT molecular complexity index is 140. The first-order chi connectivity index (χ1) is 3.39. The molecule has 0 atom stereocenters. The van der Waals surface area contributed by atoms with Gasteiger partial charge in [0, 0.05) is 12.1 Å². The molecule has 0 aromatic carbocycles. The van der Waals surface area contributed by atoms with Gasteiger partial charge in [-0.3, -0.25) is 0 Å². The molecule has 36 valence electrons. The van der Waals surface area contributed by atoms with Crippen LogP contribution in [-0.2, 0) is 0 Å². The first kappa shape index (κ1) is 8.59. The van der Waals surface area contributed by atoms with Gasteiger partial charge in [-0.1, -0.05) is 10.7 Å². The molecule has 1 aromatic rings. The molecule has 1 aromatic heterocycles. The van der Waals surface area contributed by atoms with Crippen LogP contribution < -0.4 is 61.9 Å². The minimum Gasteiger partial charge on any atom is -0.205 e. The van der Waals surface area contributed by atoms with E-state index >= 15 is 0 Å². The fourth-order valence-electron chi connectivity index (χ4n) is 0.412. The van der Waals surface area contributed by atoms with Crippen molar-refractivity contribution in [2.75, 3.05) is 5.84 Å². The number of nitrogens with zero attached hydrogens (tertiary/aromatic N) is 1. The molecular weight excluding hydrogens is 127 g/mol. The summed E-state index contributed by atoms with van der Waals surface area (Å²) in [4.78, 5) is 0. The molecule has 3 heteroatoms. The number of hydrogen-bond acceptors (Lipinski definition) is 1. The van der Waals surface area contributed by atoms with Crippen molar-refractivity contribution in [1.82, 2.24) is 0 Å². The van der Waals surface area contributed by atoms with Crippen LogP contribution in [0.3, 0.4) is 0 Å². The quantitative estimate of drug-likeness (QED) is 0.225. The van der Waals surface area contributed by atoms with Crippen LogP contribution in [0.25, 0.3) is 0 Å². The molecule has 0 bridgehead atoms. The molecule has 0 saturated carbocycles. The zero-order chi connectivity index (χ0) is 5.11. The number of nitrogens with two attached hydrogens (primary N) is 1. The Morgan fingerprint density at radius 2 is 1.50 bits per heavy atom. The minimum atomic E-state index is 0. The molecule has 8 heavy (non-hydrogen) atoms. The third kappa shape index (κ3) is 2.79. The van der Waals surface area contributed by atoms with Crippen LogP contribution >= 0.6 is 0 Å². The molecular formula is C5H7KN2+2. The van der Waals surface area contributed by atoms with Crippen molar-refractivity contribution in [2.45, 2.75) is 0 Å². The van der Waals surface area contributed by atoms with E-state index < -0.39 is 0 Å². The predicted octanol–water partition coefficient (Wildman–Crippen LogP) is -3.31. The number of pyridine rings is 1. The van der Waals surface area contributed by atoms with Crippen molar-refractivity contribution in [3.8, 4) is 0 Å². The Hall–Kier alpha value is 0.586. The molecule has 0 fully saturated rings. The molecule has 0 aliphatic carbocycles. The largest absolute Gasteiger partial charge is 1.00 e. The van der Waals surface area contributed by atoms with Crippen LogP contribution in [0.2, 0.25) is 0 Å². The van der Waals surface area contributed by atoms with E-state index in [1.54, 1.807) is 12.4 Å². The van der Waals surface area contributed by atoms with Crippen LogP contribution in [0, 0.1) is 0 Å². The van der Waals surface area contributed by atoms with Gasteiger partial charge >= 0.3 is 51.4 Å². The van der Waals surface area contributed by atoms with E-state index in [0.717, 1.165) is 0 Å². The summed E-state index contributed by atoms with van der Waals surface area (Å²) in [6, 6.07) is 5.67. The number of rotatable bonds is 0. The Labute approximate surface area is 91.1 Å². The van der Waals surface area contributed by atoms with Crippen LogP contribution in [0.1, 0.15) is 0 Å². The predicted molar refractivity (Wildman–Crippen MR) is 26.8 cm³/mol. The second-order valence-corrected chi connectivity index (χ2v) is 1.32. The molecule has 0 spiro atoms. The van der Waals surface area contributed by atoms with Gasteiger partial charge in [-0.05, 0) is 0 Å². The van der Waals surface area contributed by atoms with Crippen LogP contribution in [-0.4, -0.2) is 0 Å². The third-order valence-electron chi connectivity index (χ3n) is 0.739. The Morgan fingerprint density at radius 1 is 1.00 bits per heavy atom. The average molecular weight is 134 g/mol. The molecule has 0 aliphatic rings. The maximum Gasteiger partial charge on any atom is 1.00 e. The fraction of sp³-hybridized carbons (Fsp3) is 0. The summed E-state index contributed by atoms with van der Waals surface area (Å²) >= 11 is 0. The topological polar surface area (TPSA) is 29.9 Å². The van der Waals surface area contributed by atoms with E-state index in [2.05, 4.69) is 0 Å². The van der Waals surface area contributed by atoms with Gasteiger partial charge in [0.25, 0.3) is 0 Å². The van der Waals surface area contributed by atoms with Gasteiger partial charge in [0.2, 0.25) is 0 Å². The van der Waals surface area contributed by atoms with Gasteiger partial charge in [0.1, 0.15) is 0 Å². The summed E-state index contributed by atoms with van der Waals surface area (Å²) < 4.78 is 1.50. The molecule has 0 amide bonds.